The van der Waals surface area contributed by atoms with Gasteiger partial charge in [-0.05, 0) is 42.8 Å². The summed E-state index contributed by atoms with van der Waals surface area (Å²) < 4.78 is 5.54. The van der Waals surface area contributed by atoms with Crippen LogP contribution in [0.25, 0.3) is 0 Å². The van der Waals surface area contributed by atoms with E-state index >= 15 is 0 Å². The van der Waals surface area contributed by atoms with Crippen molar-refractivity contribution in [3.8, 4) is 5.75 Å². The van der Waals surface area contributed by atoms with Crippen LogP contribution in [0.2, 0.25) is 5.02 Å². The van der Waals surface area contributed by atoms with E-state index in [9.17, 15) is 4.79 Å². The van der Waals surface area contributed by atoms with Crippen LogP contribution < -0.4 is 15.4 Å². The van der Waals surface area contributed by atoms with Crippen LogP contribution in [0.1, 0.15) is 5.56 Å². The molecular weight excluding hydrogens is 288 g/mol. The quantitative estimate of drug-likeness (QED) is 0.824. The SMILES string of the molecule is Cc1cccc(OCCNC(=O)Nc2cccc(Cl)c2)c1. The molecule has 0 radical (unpaired) electrons. The van der Waals surface area contributed by atoms with E-state index in [-0.39, 0.29) is 6.03 Å². The highest BCUT2D eigenvalue weighted by atomic mass is 35.5. The van der Waals surface area contributed by atoms with Crippen molar-refractivity contribution in [2.45, 2.75) is 6.92 Å². The number of carbonyl (C=O) groups is 1. The average molecular weight is 305 g/mol. The van der Waals surface area contributed by atoms with E-state index in [1.165, 1.54) is 0 Å². The summed E-state index contributed by atoms with van der Waals surface area (Å²) in [7, 11) is 0. The van der Waals surface area contributed by atoms with Crippen LogP contribution in [-0.4, -0.2) is 19.2 Å². The van der Waals surface area contributed by atoms with Crippen molar-refractivity contribution in [1.29, 1.82) is 0 Å². The van der Waals surface area contributed by atoms with Gasteiger partial charge in [-0.2, -0.15) is 0 Å². The minimum absolute atomic E-state index is 0.287. The van der Waals surface area contributed by atoms with Crippen molar-refractivity contribution in [3.05, 3.63) is 59.1 Å². The first-order valence-electron chi connectivity index (χ1n) is 6.63. The molecule has 5 heteroatoms. The number of halogens is 1. The first-order valence-corrected chi connectivity index (χ1v) is 7.01. The van der Waals surface area contributed by atoms with Crippen LogP contribution >= 0.6 is 11.6 Å². The topological polar surface area (TPSA) is 50.4 Å². The number of anilines is 1. The van der Waals surface area contributed by atoms with E-state index < -0.39 is 0 Å². The highest BCUT2D eigenvalue weighted by molar-refractivity contribution is 6.30. The van der Waals surface area contributed by atoms with Crippen LogP contribution in [0.4, 0.5) is 10.5 Å². The Morgan fingerprint density at radius 1 is 1.19 bits per heavy atom. The monoisotopic (exact) mass is 304 g/mol. The maximum atomic E-state index is 11.7. The first kappa shape index (κ1) is 15.2. The van der Waals surface area contributed by atoms with Gasteiger partial charge in [0.15, 0.2) is 0 Å². The number of ether oxygens (including phenoxy) is 1. The molecule has 2 aromatic rings. The van der Waals surface area contributed by atoms with Gasteiger partial charge in [-0.3, -0.25) is 0 Å². The Morgan fingerprint density at radius 2 is 2.00 bits per heavy atom. The summed E-state index contributed by atoms with van der Waals surface area (Å²) in [6.45, 7) is 2.83. The summed E-state index contributed by atoms with van der Waals surface area (Å²) in [5, 5.41) is 6.00. The van der Waals surface area contributed by atoms with E-state index in [1.54, 1.807) is 24.3 Å². The van der Waals surface area contributed by atoms with Gasteiger partial charge in [0.1, 0.15) is 12.4 Å². The largest absolute Gasteiger partial charge is 0.492 e. The van der Waals surface area contributed by atoms with Crippen LogP contribution in [0.5, 0.6) is 5.75 Å². The van der Waals surface area contributed by atoms with Gasteiger partial charge < -0.3 is 15.4 Å². The third kappa shape index (κ3) is 5.36. The maximum Gasteiger partial charge on any atom is 0.319 e. The van der Waals surface area contributed by atoms with Crippen molar-refractivity contribution in [1.82, 2.24) is 5.32 Å². The van der Waals surface area contributed by atoms with Gasteiger partial charge in [0, 0.05) is 10.7 Å². The summed E-state index contributed by atoms with van der Waals surface area (Å²) in [4.78, 5) is 11.7. The average Bonchev–Trinajstić information content (AvgIpc) is 2.44. The molecule has 2 aromatic carbocycles. The number of nitrogens with one attached hydrogen (secondary N) is 2. The van der Waals surface area contributed by atoms with Crippen LogP contribution in [0.3, 0.4) is 0 Å². The number of hydrogen-bond acceptors (Lipinski definition) is 2. The molecule has 0 spiro atoms. The summed E-state index contributed by atoms with van der Waals surface area (Å²) >= 11 is 5.84. The fraction of sp³-hybridized carbons (Fsp3) is 0.188. The molecule has 0 bridgehead atoms. The molecule has 0 fully saturated rings. The minimum atomic E-state index is -0.287. The molecule has 0 saturated carbocycles. The number of aryl methyl sites for hydroxylation is 1. The second-order valence-electron chi connectivity index (χ2n) is 4.56. The lowest BCUT2D eigenvalue weighted by Gasteiger charge is -2.09. The van der Waals surface area contributed by atoms with Gasteiger partial charge in [-0.25, -0.2) is 4.79 Å². The van der Waals surface area contributed by atoms with Crippen molar-refractivity contribution < 1.29 is 9.53 Å². The van der Waals surface area contributed by atoms with Gasteiger partial charge in [-0.15, -0.1) is 0 Å². The number of benzene rings is 2. The maximum absolute atomic E-state index is 11.7. The lowest BCUT2D eigenvalue weighted by Crippen LogP contribution is -2.32. The number of carbonyl (C=O) groups excluding carboxylic acids is 1. The van der Waals surface area contributed by atoms with Gasteiger partial charge in [0.25, 0.3) is 0 Å². The smallest absolute Gasteiger partial charge is 0.319 e. The lowest BCUT2D eigenvalue weighted by atomic mass is 10.2. The Balaban J connectivity index is 1.70. The lowest BCUT2D eigenvalue weighted by molar-refractivity contribution is 0.247. The fourth-order valence-corrected chi connectivity index (χ4v) is 1.97. The summed E-state index contributed by atoms with van der Waals surface area (Å²) in [5.74, 6) is 0.798. The number of rotatable bonds is 5. The normalized spacial score (nSPS) is 10.0. The van der Waals surface area contributed by atoms with E-state index in [2.05, 4.69) is 10.6 Å². The third-order valence-corrected chi connectivity index (χ3v) is 2.96. The summed E-state index contributed by atoms with van der Waals surface area (Å²) in [5.41, 5.74) is 1.79. The zero-order chi connectivity index (χ0) is 15.1. The standard InChI is InChI=1S/C16H17ClN2O2/c1-12-4-2-7-15(10-12)21-9-8-18-16(20)19-14-6-3-5-13(17)11-14/h2-7,10-11H,8-9H2,1H3,(H2,18,19,20). The minimum Gasteiger partial charge on any atom is -0.492 e. The predicted octanol–water partition coefficient (Wildman–Crippen LogP) is 3.85. The van der Waals surface area contributed by atoms with Crippen molar-refractivity contribution in [2.75, 3.05) is 18.5 Å². The van der Waals surface area contributed by atoms with Crippen LogP contribution in [0, 0.1) is 6.92 Å². The Kier molecular flexibility index (Phi) is 5.46. The second kappa shape index (κ2) is 7.55. The van der Waals surface area contributed by atoms with Gasteiger partial charge in [-0.1, -0.05) is 29.8 Å². The predicted molar refractivity (Wildman–Crippen MR) is 85.1 cm³/mol. The molecule has 21 heavy (non-hydrogen) atoms. The Bertz CT molecular complexity index is 617. The molecular formula is C16H17ClN2O2. The van der Waals surface area contributed by atoms with E-state index in [0.717, 1.165) is 11.3 Å². The molecule has 0 aliphatic rings. The molecule has 0 aliphatic carbocycles. The Labute approximate surface area is 129 Å². The number of hydrogen-bond donors (Lipinski definition) is 2. The molecule has 0 atom stereocenters. The highest BCUT2D eigenvalue weighted by Crippen LogP contribution is 2.14. The van der Waals surface area contributed by atoms with Gasteiger partial charge in [0.2, 0.25) is 0 Å². The zero-order valence-electron chi connectivity index (χ0n) is 11.7. The Hall–Kier alpha value is -2.20. The highest BCUT2D eigenvalue weighted by Gasteiger charge is 2.01. The molecule has 4 nitrogen and oxygen atoms in total. The Morgan fingerprint density at radius 3 is 2.76 bits per heavy atom. The zero-order valence-corrected chi connectivity index (χ0v) is 12.5. The molecule has 0 heterocycles. The van der Waals surface area contributed by atoms with Crippen molar-refractivity contribution >= 4 is 23.3 Å². The third-order valence-electron chi connectivity index (χ3n) is 2.73. The molecule has 2 rings (SSSR count). The van der Waals surface area contributed by atoms with Crippen LogP contribution in [-0.2, 0) is 0 Å². The molecule has 2 amide bonds. The molecule has 110 valence electrons. The summed E-state index contributed by atoms with van der Waals surface area (Å²) in [6, 6.07) is 14.5. The van der Waals surface area contributed by atoms with E-state index in [4.69, 9.17) is 16.3 Å². The van der Waals surface area contributed by atoms with E-state index in [0.29, 0.717) is 23.9 Å². The van der Waals surface area contributed by atoms with Crippen LogP contribution in [0.15, 0.2) is 48.5 Å². The first-order chi connectivity index (χ1) is 10.1. The molecule has 0 aromatic heterocycles. The molecule has 2 N–H and O–H groups in total. The molecule has 0 unspecified atom stereocenters. The number of amides is 2. The molecule has 0 aliphatic heterocycles. The fourth-order valence-electron chi connectivity index (χ4n) is 1.78. The number of urea groups is 1. The van der Waals surface area contributed by atoms with Crippen molar-refractivity contribution in [2.24, 2.45) is 0 Å². The second-order valence-corrected chi connectivity index (χ2v) is 4.99. The van der Waals surface area contributed by atoms with Crippen molar-refractivity contribution in [3.63, 3.8) is 0 Å². The summed E-state index contributed by atoms with van der Waals surface area (Å²) in [6.07, 6.45) is 0. The van der Waals surface area contributed by atoms with Gasteiger partial charge in [0.05, 0.1) is 6.54 Å². The molecule has 0 saturated heterocycles. The van der Waals surface area contributed by atoms with E-state index in [1.807, 2.05) is 31.2 Å². The van der Waals surface area contributed by atoms with Gasteiger partial charge >= 0.3 is 6.03 Å².